The van der Waals surface area contributed by atoms with Crippen molar-refractivity contribution >= 4 is 0 Å². The number of aliphatic hydroxyl groups excluding tert-OH is 1. The van der Waals surface area contributed by atoms with Crippen LogP contribution < -0.4 is 0 Å². The van der Waals surface area contributed by atoms with Crippen molar-refractivity contribution in [2.75, 3.05) is 6.61 Å². The van der Waals surface area contributed by atoms with Gasteiger partial charge >= 0.3 is 0 Å². The quantitative estimate of drug-likeness (QED) is 0.843. The van der Waals surface area contributed by atoms with Crippen molar-refractivity contribution in [3.05, 3.63) is 35.9 Å². The van der Waals surface area contributed by atoms with Crippen molar-refractivity contribution < 1.29 is 14.6 Å². The first-order valence-corrected chi connectivity index (χ1v) is 5.71. The Morgan fingerprint density at radius 2 is 2.12 bits per heavy atom. The highest BCUT2D eigenvalue weighted by Crippen LogP contribution is 2.23. The van der Waals surface area contributed by atoms with Crippen LogP contribution in [0.5, 0.6) is 0 Å². The van der Waals surface area contributed by atoms with E-state index in [1.165, 1.54) is 0 Å². The predicted octanol–water partition coefficient (Wildman–Crippen LogP) is 1.74. The molecule has 0 amide bonds. The zero-order valence-electron chi connectivity index (χ0n) is 9.50. The number of ether oxygens (including phenoxy) is 2. The molecule has 1 heterocycles. The molecular formula is C13H18O3. The van der Waals surface area contributed by atoms with Gasteiger partial charge in [0, 0.05) is 6.42 Å². The first-order chi connectivity index (χ1) is 7.79. The molecule has 2 rings (SSSR count). The Kier molecular flexibility index (Phi) is 3.93. The van der Waals surface area contributed by atoms with E-state index in [1.54, 1.807) is 0 Å². The maximum absolute atomic E-state index is 9.15. The van der Waals surface area contributed by atoms with E-state index in [4.69, 9.17) is 14.6 Å². The third-order valence-corrected chi connectivity index (χ3v) is 2.87. The molecule has 88 valence electrons. The smallest absolute Gasteiger partial charge is 0.107 e. The van der Waals surface area contributed by atoms with Crippen LogP contribution in [0.2, 0.25) is 0 Å². The Balaban J connectivity index is 1.86. The van der Waals surface area contributed by atoms with Crippen LogP contribution in [-0.4, -0.2) is 30.0 Å². The molecule has 16 heavy (non-hydrogen) atoms. The largest absolute Gasteiger partial charge is 0.394 e. The molecule has 1 fully saturated rings. The molecule has 3 atom stereocenters. The number of benzene rings is 1. The molecule has 0 aliphatic carbocycles. The zero-order chi connectivity index (χ0) is 11.4. The van der Waals surface area contributed by atoms with Crippen molar-refractivity contribution in [3.63, 3.8) is 0 Å². The van der Waals surface area contributed by atoms with E-state index in [0.29, 0.717) is 6.61 Å². The zero-order valence-corrected chi connectivity index (χ0v) is 9.50. The monoisotopic (exact) mass is 222 g/mol. The lowest BCUT2D eigenvalue weighted by Crippen LogP contribution is -2.27. The topological polar surface area (TPSA) is 38.7 Å². The van der Waals surface area contributed by atoms with Gasteiger partial charge in [-0.2, -0.15) is 0 Å². The van der Waals surface area contributed by atoms with E-state index in [9.17, 15) is 0 Å². The van der Waals surface area contributed by atoms with E-state index in [-0.39, 0.29) is 24.9 Å². The van der Waals surface area contributed by atoms with Gasteiger partial charge in [0.1, 0.15) is 6.10 Å². The number of hydrogen-bond donors (Lipinski definition) is 1. The van der Waals surface area contributed by atoms with Gasteiger partial charge in [-0.1, -0.05) is 30.3 Å². The minimum Gasteiger partial charge on any atom is -0.394 e. The summed E-state index contributed by atoms with van der Waals surface area (Å²) in [7, 11) is 0. The molecule has 3 heteroatoms. The highest BCUT2D eigenvalue weighted by Gasteiger charge is 2.32. The maximum atomic E-state index is 9.15. The highest BCUT2D eigenvalue weighted by atomic mass is 16.6. The van der Waals surface area contributed by atoms with E-state index in [2.05, 4.69) is 0 Å². The molecule has 1 N–H and O–H groups in total. The van der Waals surface area contributed by atoms with Crippen LogP contribution in [0.4, 0.5) is 0 Å². The van der Waals surface area contributed by atoms with E-state index in [1.807, 2.05) is 37.3 Å². The first kappa shape index (κ1) is 11.6. The standard InChI is InChI=1S/C13H18O3/c1-10-7-12(13(8-14)16-10)15-9-11-5-3-2-4-6-11/h2-6,10,12-14H,7-9H2,1H3/t10-,12-,13+/m0/s1. The summed E-state index contributed by atoms with van der Waals surface area (Å²) < 4.78 is 11.3. The molecular weight excluding hydrogens is 204 g/mol. The van der Waals surface area contributed by atoms with Crippen LogP contribution in [0.3, 0.4) is 0 Å². The first-order valence-electron chi connectivity index (χ1n) is 5.71. The molecule has 0 saturated carbocycles. The van der Waals surface area contributed by atoms with E-state index >= 15 is 0 Å². The van der Waals surface area contributed by atoms with E-state index in [0.717, 1.165) is 12.0 Å². The van der Waals surface area contributed by atoms with Gasteiger partial charge in [0.15, 0.2) is 0 Å². The van der Waals surface area contributed by atoms with Gasteiger partial charge < -0.3 is 14.6 Å². The van der Waals surface area contributed by atoms with Gasteiger partial charge in [-0.25, -0.2) is 0 Å². The number of rotatable bonds is 4. The minimum absolute atomic E-state index is 0.0141. The maximum Gasteiger partial charge on any atom is 0.107 e. The van der Waals surface area contributed by atoms with Gasteiger partial charge in [0.2, 0.25) is 0 Å². The summed E-state index contributed by atoms with van der Waals surface area (Å²) in [4.78, 5) is 0. The number of hydrogen-bond acceptors (Lipinski definition) is 3. The SMILES string of the molecule is C[C@H]1C[C@H](OCc2ccccc2)[C@@H](CO)O1. The lowest BCUT2D eigenvalue weighted by Gasteiger charge is -2.16. The third kappa shape index (κ3) is 2.82. The van der Waals surface area contributed by atoms with Gasteiger partial charge in [0.05, 0.1) is 25.4 Å². The summed E-state index contributed by atoms with van der Waals surface area (Å²) in [5.41, 5.74) is 1.15. The molecule has 0 aromatic heterocycles. The molecule has 1 aliphatic rings. The van der Waals surface area contributed by atoms with Gasteiger partial charge in [-0.15, -0.1) is 0 Å². The van der Waals surface area contributed by atoms with Crippen LogP contribution in [0.25, 0.3) is 0 Å². The molecule has 1 saturated heterocycles. The van der Waals surface area contributed by atoms with Gasteiger partial charge in [-0.05, 0) is 12.5 Å². The summed E-state index contributed by atoms with van der Waals surface area (Å²) >= 11 is 0. The lowest BCUT2D eigenvalue weighted by atomic mass is 10.1. The fraction of sp³-hybridized carbons (Fsp3) is 0.538. The molecule has 0 bridgehead atoms. The third-order valence-electron chi connectivity index (χ3n) is 2.87. The second-order valence-electron chi connectivity index (χ2n) is 4.24. The van der Waals surface area contributed by atoms with Crippen molar-refractivity contribution in [1.82, 2.24) is 0 Å². The number of aliphatic hydroxyl groups is 1. The second kappa shape index (κ2) is 5.43. The summed E-state index contributed by atoms with van der Waals surface area (Å²) in [6.45, 7) is 2.62. The molecule has 1 aliphatic heterocycles. The molecule has 1 aromatic rings. The van der Waals surface area contributed by atoms with Crippen molar-refractivity contribution in [1.29, 1.82) is 0 Å². The second-order valence-corrected chi connectivity index (χ2v) is 4.24. The molecule has 0 radical (unpaired) electrons. The van der Waals surface area contributed by atoms with E-state index < -0.39 is 0 Å². The lowest BCUT2D eigenvalue weighted by molar-refractivity contribution is -0.0495. The minimum atomic E-state index is -0.168. The normalized spacial score (nSPS) is 29.5. The Morgan fingerprint density at radius 1 is 1.38 bits per heavy atom. The van der Waals surface area contributed by atoms with Crippen LogP contribution in [0, 0.1) is 0 Å². The fourth-order valence-corrected chi connectivity index (χ4v) is 2.03. The van der Waals surface area contributed by atoms with Crippen LogP contribution in [0.1, 0.15) is 18.9 Å². The fourth-order valence-electron chi connectivity index (χ4n) is 2.03. The summed E-state index contributed by atoms with van der Waals surface area (Å²) in [6, 6.07) is 10.0. The van der Waals surface area contributed by atoms with Gasteiger partial charge in [0.25, 0.3) is 0 Å². The molecule has 3 nitrogen and oxygen atoms in total. The molecule has 0 unspecified atom stereocenters. The van der Waals surface area contributed by atoms with Gasteiger partial charge in [-0.3, -0.25) is 0 Å². The predicted molar refractivity (Wildman–Crippen MR) is 61.1 cm³/mol. The Hall–Kier alpha value is -0.900. The van der Waals surface area contributed by atoms with Crippen LogP contribution in [0.15, 0.2) is 30.3 Å². The summed E-state index contributed by atoms with van der Waals surface area (Å²) in [5, 5.41) is 9.15. The van der Waals surface area contributed by atoms with Crippen LogP contribution >= 0.6 is 0 Å². The Labute approximate surface area is 96.0 Å². The molecule has 1 aromatic carbocycles. The van der Waals surface area contributed by atoms with Crippen molar-refractivity contribution in [3.8, 4) is 0 Å². The highest BCUT2D eigenvalue weighted by molar-refractivity contribution is 5.13. The molecule has 0 spiro atoms. The average molecular weight is 222 g/mol. The van der Waals surface area contributed by atoms with Crippen molar-refractivity contribution in [2.45, 2.75) is 38.3 Å². The Morgan fingerprint density at radius 3 is 2.81 bits per heavy atom. The van der Waals surface area contributed by atoms with Crippen molar-refractivity contribution in [2.24, 2.45) is 0 Å². The Bertz CT molecular complexity index is 312. The van der Waals surface area contributed by atoms with Crippen LogP contribution in [-0.2, 0) is 16.1 Å². The average Bonchev–Trinajstić information content (AvgIpc) is 2.68. The summed E-state index contributed by atoms with van der Waals surface area (Å²) in [6.07, 6.45) is 0.884. The summed E-state index contributed by atoms with van der Waals surface area (Å²) in [5.74, 6) is 0.